The lowest BCUT2D eigenvalue weighted by atomic mass is 10.2. The highest BCUT2D eigenvalue weighted by Crippen LogP contribution is 2.13. The van der Waals surface area contributed by atoms with E-state index in [1.165, 1.54) is 0 Å². The van der Waals surface area contributed by atoms with Crippen LogP contribution in [0.4, 0.5) is 11.4 Å². The molecule has 0 aliphatic rings. The van der Waals surface area contributed by atoms with Crippen LogP contribution in [0.1, 0.15) is 45.1 Å². The molecule has 2 aromatic rings. The van der Waals surface area contributed by atoms with Gasteiger partial charge in [0.1, 0.15) is 0 Å². The molecular formula is C25H39ClN10. The van der Waals surface area contributed by atoms with E-state index < -0.39 is 0 Å². The van der Waals surface area contributed by atoms with Crippen LogP contribution in [-0.4, -0.2) is 36.9 Å². The monoisotopic (exact) mass is 514 g/mol. The first-order valence-electron chi connectivity index (χ1n) is 12.0. The van der Waals surface area contributed by atoms with E-state index in [1.807, 2.05) is 45.0 Å². The minimum Gasteiger partial charge on any atom is -0.369 e. The molecule has 196 valence electrons. The van der Waals surface area contributed by atoms with Gasteiger partial charge in [0.15, 0.2) is 0 Å². The number of aryl methyl sites for hydroxylation is 1. The SMILES string of the molecule is CC.Cc1ccc(N/C(N)=N/C(N)=NCCCCCCN=C(N)/N=C(\N)Nc2ccc(Cl)cc2)cc1. The molecule has 0 aliphatic heterocycles. The Morgan fingerprint density at radius 2 is 1.06 bits per heavy atom. The van der Waals surface area contributed by atoms with Gasteiger partial charge >= 0.3 is 0 Å². The van der Waals surface area contributed by atoms with E-state index in [0.29, 0.717) is 18.1 Å². The van der Waals surface area contributed by atoms with Gasteiger partial charge in [-0.1, -0.05) is 56.0 Å². The summed E-state index contributed by atoms with van der Waals surface area (Å²) < 4.78 is 0. The zero-order chi connectivity index (χ0) is 26.8. The molecule has 2 aromatic carbocycles. The summed E-state index contributed by atoms with van der Waals surface area (Å²) in [6, 6.07) is 14.9. The lowest BCUT2D eigenvalue weighted by molar-refractivity contribution is 0.653. The molecule has 0 aliphatic carbocycles. The van der Waals surface area contributed by atoms with Crippen LogP contribution in [0.15, 0.2) is 68.5 Å². The predicted octanol–water partition coefficient (Wildman–Crippen LogP) is 4.02. The van der Waals surface area contributed by atoms with Crippen LogP contribution in [-0.2, 0) is 0 Å². The molecule has 0 aromatic heterocycles. The Labute approximate surface area is 219 Å². The van der Waals surface area contributed by atoms with Crippen LogP contribution in [0.2, 0.25) is 5.02 Å². The summed E-state index contributed by atoms with van der Waals surface area (Å²) in [6.45, 7) is 7.17. The van der Waals surface area contributed by atoms with Crippen molar-refractivity contribution in [3.8, 4) is 0 Å². The average molecular weight is 515 g/mol. The fourth-order valence-corrected chi connectivity index (χ4v) is 2.93. The zero-order valence-electron chi connectivity index (χ0n) is 21.3. The number of nitrogens with one attached hydrogen (secondary N) is 2. The Kier molecular flexibility index (Phi) is 14.8. The Hall–Kier alpha value is -3.79. The van der Waals surface area contributed by atoms with E-state index in [1.54, 1.807) is 24.3 Å². The molecular weight excluding hydrogens is 476 g/mol. The Balaban J connectivity index is 0.00000316. The Bertz CT molecular complexity index is 929. The second-order valence-corrected chi connectivity index (χ2v) is 7.95. The lowest BCUT2D eigenvalue weighted by Gasteiger charge is -2.05. The third-order valence-corrected chi connectivity index (χ3v) is 4.78. The van der Waals surface area contributed by atoms with Gasteiger partial charge in [-0.3, -0.25) is 9.98 Å². The van der Waals surface area contributed by atoms with Crippen molar-refractivity contribution in [2.24, 2.45) is 42.9 Å². The summed E-state index contributed by atoms with van der Waals surface area (Å²) >= 11 is 5.85. The van der Waals surface area contributed by atoms with Crippen molar-refractivity contribution >= 4 is 46.8 Å². The number of rotatable bonds is 9. The minimum absolute atomic E-state index is 0.131. The minimum atomic E-state index is 0.131. The fourth-order valence-electron chi connectivity index (χ4n) is 2.80. The predicted molar refractivity (Wildman–Crippen MR) is 156 cm³/mol. The van der Waals surface area contributed by atoms with Crippen molar-refractivity contribution in [1.82, 2.24) is 0 Å². The van der Waals surface area contributed by atoms with E-state index in [9.17, 15) is 0 Å². The maximum Gasteiger partial charge on any atom is 0.218 e. The normalized spacial score (nSPS) is 12.6. The number of aliphatic imine (C=N–C) groups is 4. The number of hydrogen-bond acceptors (Lipinski definition) is 2. The number of anilines is 2. The van der Waals surface area contributed by atoms with E-state index in [2.05, 4.69) is 30.6 Å². The molecule has 0 fully saturated rings. The smallest absolute Gasteiger partial charge is 0.218 e. The summed E-state index contributed by atoms with van der Waals surface area (Å²) in [5, 5.41) is 6.54. The largest absolute Gasteiger partial charge is 0.369 e. The van der Waals surface area contributed by atoms with Gasteiger partial charge in [-0.15, -0.1) is 0 Å². The zero-order valence-corrected chi connectivity index (χ0v) is 22.1. The summed E-state index contributed by atoms with van der Waals surface area (Å²) in [6.07, 6.45) is 3.73. The molecule has 0 amide bonds. The van der Waals surface area contributed by atoms with Crippen molar-refractivity contribution in [3.05, 3.63) is 59.1 Å². The Morgan fingerprint density at radius 3 is 1.47 bits per heavy atom. The molecule has 2 rings (SSSR count). The number of guanidine groups is 4. The van der Waals surface area contributed by atoms with Crippen LogP contribution < -0.4 is 33.6 Å². The van der Waals surface area contributed by atoms with Gasteiger partial charge in [0.25, 0.3) is 0 Å². The van der Waals surface area contributed by atoms with Crippen LogP contribution in [0.25, 0.3) is 0 Å². The topological polar surface area (TPSA) is 178 Å². The average Bonchev–Trinajstić information content (AvgIpc) is 2.84. The molecule has 11 heteroatoms. The number of halogens is 1. The van der Waals surface area contributed by atoms with Crippen molar-refractivity contribution in [3.63, 3.8) is 0 Å². The highest BCUT2D eigenvalue weighted by Gasteiger charge is 1.98. The highest BCUT2D eigenvalue weighted by molar-refractivity contribution is 6.30. The van der Waals surface area contributed by atoms with Gasteiger partial charge in [0.2, 0.25) is 23.8 Å². The van der Waals surface area contributed by atoms with Crippen LogP contribution in [0.5, 0.6) is 0 Å². The van der Waals surface area contributed by atoms with E-state index in [0.717, 1.165) is 42.6 Å². The van der Waals surface area contributed by atoms with Gasteiger partial charge in [-0.25, -0.2) is 0 Å². The van der Waals surface area contributed by atoms with E-state index in [4.69, 9.17) is 34.5 Å². The Morgan fingerprint density at radius 1 is 0.667 bits per heavy atom. The van der Waals surface area contributed by atoms with Crippen molar-refractivity contribution < 1.29 is 0 Å². The molecule has 0 saturated carbocycles. The molecule has 0 radical (unpaired) electrons. The maximum absolute atomic E-state index is 5.86. The summed E-state index contributed by atoms with van der Waals surface area (Å²) in [5.74, 6) is 0.645. The van der Waals surface area contributed by atoms with Crippen molar-refractivity contribution in [2.75, 3.05) is 23.7 Å². The number of nitrogens with two attached hydrogens (primary N) is 4. The maximum atomic E-state index is 5.86. The molecule has 0 spiro atoms. The van der Waals surface area contributed by atoms with Gasteiger partial charge < -0.3 is 33.6 Å². The third-order valence-electron chi connectivity index (χ3n) is 4.52. The second kappa shape index (κ2) is 17.6. The number of hydrogen-bond donors (Lipinski definition) is 6. The molecule has 0 unspecified atom stereocenters. The number of unbranched alkanes of at least 4 members (excludes halogenated alkanes) is 3. The van der Waals surface area contributed by atoms with Gasteiger partial charge in [-0.2, -0.15) is 9.98 Å². The first kappa shape index (κ1) is 30.2. The first-order chi connectivity index (χ1) is 17.3. The van der Waals surface area contributed by atoms with Crippen LogP contribution >= 0.6 is 11.6 Å². The van der Waals surface area contributed by atoms with E-state index in [-0.39, 0.29) is 23.8 Å². The molecule has 0 atom stereocenters. The standard InChI is InChI=1S/C23H33ClN10.C2H6/c1-16-6-10-18(11-7-16)31-22(27)33-20(25)29-14-4-2-3-5-15-30-21(26)34-23(28)32-19-12-8-17(24)9-13-19;1-2/h6-13H,2-5,14-15H2,1H3,(H5,25,27,29,31,33)(H5,26,28,30,32,34);1-2H3. The summed E-state index contributed by atoms with van der Waals surface area (Å²) in [5.41, 5.74) is 26.1. The molecule has 36 heavy (non-hydrogen) atoms. The third kappa shape index (κ3) is 13.8. The van der Waals surface area contributed by atoms with Crippen molar-refractivity contribution in [1.29, 1.82) is 0 Å². The molecule has 0 bridgehead atoms. The first-order valence-corrected chi connectivity index (χ1v) is 12.3. The van der Waals surface area contributed by atoms with Gasteiger partial charge in [-0.05, 0) is 56.2 Å². The number of nitrogens with zero attached hydrogens (tertiary/aromatic N) is 4. The van der Waals surface area contributed by atoms with Gasteiger partial charge in [0, 0.05) is 29.5 Å². The summed E-state index contributed by atoms with van der Waals surface area (Å²) in [7, 11) is 0. The molecule has 0 heterocycles. The highest BCUT2D eigenvalue weighted by atomic mass is 35.5. The molecule has 0 saturated heterocycles. The molecule has 10 nitrogen and oxygen atoms in total. The fraction of sp³-hybridized carbons (Fsp3) is 0.360. The number of benzene rings is 2. The lowest BCUT2D eigenvalue weighted by Crippen LogP contribution is -2.26. The molecule has 10 N–H and O–H groups in total. The quantitative estimate of drug-likeness (QED) is 0.167. The second-order valence-electron chi connectivity index (χ2n) is 7.51. The van der Waals surface area contributed by atoms with Gasteiger partial charge in [0.05, 0.1) is 0 Å². The van der Waals surface area contributed by atoms with Crippen molar-refractivity contribution in [2.45, 2.75) is 46.5 Å². The van der Waals surface area contributed by atoms with Crippen LogP contribution in [0.3, 0.4) is 0 Å². The van der Waals surface area contributed by atoms with Crippen LogP contribution in [0, 0.1) is 6.92 Å². The van der Waals surface area contributed by atoms with E-state index >= 15 is 0 Å². The summed E-state index contributed by atoms with van der Waals surface area (Å²) in [4.78, 5) is 16.5.